The number of fused-ring (bicyclic) bond motifs is 1. The molecule has 0 radical (unpaired) electrons. The van der Waals surface area contributed by atoms with E-state index in [1.807, 2.05) is 17.6 Å². The Morgan fingerprint density at radius 1 is 1.14 bits per heavy atom. The number of carbonyl (C=O) groups is 1. The summed E-state index contributed by atoms with van der Waals surface area (Å²) in [5.74, 6) is 0.436. The van der Waals surface area contributed by atoms with Crippen LogP contribution in [0.1, 0.15) is 48.4 Å². The molecule has 1 saturated heterocycles. The van der Waals surface area contributed by atoms with Crippen molar-refractivity contribution in [3.8, 4) is 0 Å². The Morgan fingerprint density at radius 2 is 1.86 bits per heavy atom. The van der Waals surface area contributed by atoms with Crippen LogP contribution in [0.5, 0.6) is 0 Å². The Labute approximate surface area is 213 Å². The van der Waals surface area contributed by atoms with Crippen LogP contribution in [0.15, 0.2) is 47.4 Å². The number of benzene rings is 2. The van der Waals surface area contributed by atoms with Crippen LogP contribution in [-0.2, 0) is 34.1 Å². The van der Waals surface area contributed by atoms with Crippen molar-refractivity contribution in [2.75, 3.05) is 12.4 Å². The van der Waals surface area contributed by atoms with Gasteiger partial charge in [0.05, 0.1) is 28.3 Å². The fraction of sp³-hybridized carbons (Fsp3) is 0.462. The van der Waals surface area contributed by atoms with Gasteiger partial charge in [-0.05, 0) is 61.6 Å². The zero-order chi connectivity index (χ0) is 26.8. The van der Waals surface area contributed by atoms with Gasteiger partial charge in [0.2, 0.25) is 0 Å². The molecule has 0 bridgehead atoms. The van der Waals surface area contributed by atoms with E-state index < -0.39 is 22.1 Å². The molecule has 1 aliphatic heterocycles. The lowest BCUT2D eigenvalue weighted by Crippen LogP contribution is -2.38. The van der Waals surface area contributed by atoms with Crippen molar-refractivity contribution >= 4 is 26.8 Å². The predicted octanol–water partition coefficient (Wildman–Crippen LogP) is 4.68. The van der Waals surface area contributed by atoms with Crippen LogP contribution in [0, 0.1) is 5.92 Å². The van der Waals surface area contributed by atoms with Gasteiger partial charge in [-0.1, -0.05) is 19.1 Å². The molecule has 3 aromatic rings. The van der Waals surface area contributed by atoms with Crippen LogP contribution in [0.2, 0.25) is 0 Å². The first-order valence-electron chi connectivity index (χ1n) is 12.3. The summed E-state index contributed by atoms with van der Waals surface area (Å²) in [6, 6.07) is 11.7. The van der Waals surface area contributed by atoms with Crippen molar-refractivity contribution in [1.29, 1.82) is 0 Å². The quantitative estimate of drug-likeness (QED) is 0.451. The van der Waals surface area contributed by atoms with E-state index in [1.54, 1.807) is 31.2 Å². The SMILES string of the molecule is CCn1c(C[C@H]2CC[C@@H](C(F)(F)F)OC2)nc2cc(C(=O)NCc3ccc(S(=O)(=O)CC)cc3)ccc21. The predicted molar refractivity (Wildman–Crippen MR) is 133 cm³/mol. The molecule has 1 amide bonds. The van der Waals surface area contributed by atoms with Crippen molar-refractivity contribution in [1.82, 2.24) is 14.9 Å². The zero-order valence-corrected chi connectivity index (χ0v) is 21.5. The van der Waals surface area contributed by atoms with E-state index in [-0.39, 0.29) is 42.0 Å². The fourth-order valence-electron chi connectivity index (χ4n) is 4.58. The van der Waals surface area contributed by atoms with Crippen molar-refractivity contribution in [3.63, 3.8) is 0 Å². The summed E-state index contributed by atoms with van der Waals surface area (Å²) < 4.78 is 69.6. The summed E-state index contributed by atoms with van der Waals surface area (Å²) in [7, 11) is -3.28. The standard InChI is InChI=1S/C26H30F3N3O4S/c1-3-32-22-11-8-19(25(33)30-15-17-5-9-20(10-6-17)37(34,35)4-2)14-21(22)31-24(32)13-18-7-12-23(36-16-18)26(27,28)29/h5-6,8-11,14,18,23H,3-4,7,12-13,15-16H2,1-2H3,(H,30,33)/t18-,23+/m1/s1. The molecule has 7 nitrogen and oxygen atoms in total. The number of nitrogens with zero attached hydrogens (tertiary/aromatic N) is 2. The lowest BCUT2D eigenvalue weighted by molar-refractivity contribution is -0.235. The number of aryl methyl sites for hydroxylation is 1. The largest absolute Gasteiger partial charge is 0.414 e. The molecule has 11 heteroatoms. The minimum Gasteiger partial charge on any atom is -0.368 e. The van der Waals surface area contributed by atoms with E-state index in [1.165, 1.54) is 12.1 Å². The van der Waals surface area contributed by atoms with E-state index in [4.69, 9.17) is 9.72 Å². The van der Waals surface area contributed by atoms with E-state index in [0.717, 1.165) is 16.9 Å². The molecule has 4 rings (SSSR count). The van der Waals surface area contributed by atoms with Crippen LogP contribution in [0.25, 0.3) is 11.0 Å². The summed E-state index contributed by atoms with van der Waals surface area (Å²) >= 11 is 0. The molecule has 200 valence electrons. The number of amides is 1. The molecule has 2 aromatic carbocycles. The summed E-state index contributed by atoms with van der Waals surface area (Å²) in [6.07, 6.45) is -5.18. The van der Waals surface area contributed by atoms with Gasteiger partial charge < -0.3 is 14.6 Å². The van der Waals surface area contributed by atoms with E-state index >= 15 is 0 Å². The van der Waals surface area contributed by atoms with Crippen molar-refractivity contribution in [2.45, 2.75) is 63.4 Å². The molecule has 0 unspecified atom stereocenters. The molecule has 0 aliphatic carbocycles. The Balaban J connectivity index is 1.42. The molecule has 1 fully saturated rings. The van der Waals surface area contributed by atoms with Crippen LogP contribution < -0.4 is 5.32 Å². The molecule has 0 spiro atoms. The number of hydrogen-bond acceptors (Lipinski definition) is 5. The zero-order valence-electron chi connectivity index (χ0n) is 20.7. The highest BCUT2D eigenvalue weighted by atomic mass is 32.2. The first-order valence-corrected chi connectivity index (χ1v) is 13.9. The molecule has 1 N–H and O–H groups in total. The number of hydrogen-bond donors (Lipinski definition) is 1. The summed E-state index contributed by atoms with van der Waals surface area (Å²) in [5, 5.41) is 2.84. The van der Waals surface area contributed by atoms with Gasteiger partial charge in [-0.15, -0.1) is 0 Å². The van der Waals surface area contributed by atoms with E-state index in [2.05, 4.69) is 5.32 Å². The second-order valence-electron chi connectivity index (χ2n) is 9.22. The first-order chi connectivity index (χ1) is 17.5. The number of ether oxygens (including phenoxy) is 1. The monoisotopic (exact) mass is 537 g/mol. The second-order valence-corrected chi connectivity index (χ2v) is 11.5. The number of imidazole rings is 1. The fourth-order valence-corrected chi connectivity index (χ4v) is 5.46. The summed E-state index contributed by atoms with van der Waals surface area (Å²) in [6.45, 7) is 4.47. The minimum atomic E-state index is -4.34. The molecule has 1 aliphatic rings. The average molecular weight is 538 g/mol. The third-order valence-electron chi connectivity index (χ3n) is 6.73. The van der Waals surface area contributed by atoms with Gasteiger partial charge in [-0.25, -0.2) is 13.4 Å². The number of nitrogens with one attached hydrogen (secondary N) is 1. The van der Waals surface area contributed by atoms with Crippen molar-refractivity contribution in [2.24, 2.45) is 5.92 Å². The number of carbonyl (C=O) groups excluding carboxylic acids is 1. The maximum absolute atomic E-state index is 12.9. The third-order valence-corrected chi connectivity index (χ3v) is 8.48. The minimum absolute atomic E-state index is 0.0219. The molecule has 2 heterocycles. The van der Waals surface area contributed by atoms with Crippen LogP contribution in [0.3, 0.4) is 0 Å². The highest BCUT2D eigenvalue weighted by molar-refractivity contribution is 7.91. The normalized spacial score (nSPS) is 18.7. The topological polar surface area (TPSA) is 90.3 Å². The molecular weight excluding hydrogens is 507 g/mol. The second kappa shape index (κ2) is 10.8. The summed E-state index contributed by atoms with van der Waals surface area (Å²) in [4.78, 5) is 17.7. The first kappa shape index (κ1) is 27.1. The molecular formula is C26H30F3N3O4S. The molecule has 2 atom stereocenters. The lowest BCUT2D eigenvalue weighted by atomic mass is 9.95. The van der Waals surface area contributed by atoms with Crippen LogP contribution >= 0.6 is 0 Å². The van der Waals surface area contributed by atoms with E-state index in [0.29, 0.717) is 30.5 Å². The van der Waals surface area contributed by atoms with E-state index in [9.17, 15) is 26.4 Å². The maximum atomic E-state index is 12.9. The number of aromatic nitrogens is 2. The third kappa shape index (κ3) is 6.15. The number of alkyl halides is 3. The van der Waals surface area contributed by atoms with Crippen molar-refractivity contribution in [3.05, 3.63) is 59.4 Å². The highest BCUT2D eigenvalue weighted by Crippen LogP contribution is 2.33. The average Bonchev–Trinajstić information content (AvgIpc) is 3.23. The Morgan fingerprint density at radius 3 is 2.46 bits per heavy atom. The highest BCUT2D eigenvalue weighted by Gasteiger charge is 2.43. The summed E-state index contributed by atoms with van der Waals surface area (Å²) in [5.41, 5.74) is 2.69. The van der Waals surface area contributed by atoms with Crippen molar-refractivity contribution < 1.29 is 31.1 Å². The van der Waals surface area contributed by atoms with Crippen LogP contribution in [-0.4, -0.2) is 48.5 Å². The number of sulfone groups is 1. The van der Waals surface area contributed by atoms with Gasteiger partial charge in [0.1, 0.15) is 5.82 Å². The van der Waals surface area contributed by atoms with Crippen LogP contribution in [0.4, 0.5) is 13.2 Å². The van der Waals surface area contributed by atoms with Gasteiger partial charge in [-0.2, -0.15) is 13.2 Å². The van der Waals surface area contributed by atoms with Gasteiger partial charge in [0, 0.05) is 25.1 Å². The van der Waals surface area contributed by atoms with Gasteiger partial charge >= 0.3 is 6.18 Å². The lowest BCUT2D eigenvalue weighted by Gasteiger charge is -2.30. The number of rotatable bonds is 8. The smallest absolute Gasteiger partial charge is 0.368 e. The van der Waals surface area contributed by atoms with Gasteiger partial charge in [0.25, 0.3) is 5.91 Å². The number of halogens is 3. The molecule has 1 aromatic heterocycles. The molecule has 0 saturated carbocycles. The Bertz CT molecular complexity index is 1360. The van der Waals surface area contributed by atoms with Gasteiger partial charge in [-0.3, -0.25) is 4.79 Å². The van der Waals surface area contributed by atoms with Gasteiger partial charge in [0.15, 0.2) is 15.9 Å². The Hall–Kier alpha value is -2.92. The Kier molecular flexibility index (Phi) is 7.94. The maximum Gasteiger partial charge on any atom is 0.414 e. The molecule has 37 heavy (non-hydrogen) atoms.